The van der Waals surface area contributed by atoms with Gasteiger partial charge in [-0.2, -0.15) is 0 Å². The highest BCUT2D eigenvalue weighted by Crippen LogP contribution is 2.37. The Kier molecular flexibility index (Phi) is 3.78. The topological polar surface area (TPSA) is 78.5 Å². The maximum absolute atomic E-state index is 12.5. The van der Waals surface area contributed by atoms with Gasteiger partial charge in [0.25, 0.3) is 5.91 Å². The Labute approximate surface area is 112 Å². The second-order valence-corrected chi connectivity index (χ2v) is 5.39. The predicted octanol–water partition coefficient (Wildman–Crippen LogP) is 0.623. The third-order valence-corrected chi connectivity index (χ3v) is 4.18. The molecule has 1 heterocycles. The van der Waals surface area contributed by atoms with Gasteiger partial charge < -0.3 is 10.6 Å². The van der Waals surface area contributed by atoms with E-state index >= 15 is 0 Å². The van der Waals surface area contributed by atoms with Crippen LogP contribution >= 0.6 is 0 Å². The Bertz CT molecular complexity index is 410. The van der Waals surface area contributed by atoms with Crippen LogP contribution in [0.5, 0.6) is 0 Å². The number of hydrogen-bond acceptors (Lipinski definition) is 3. The molecule has 2 atom stereocenters. The standard InChI is InChI=1S/C13H21N3O3/c1-3-14-10(17)8-16-11(18)13(15-12(16)19)7-5-4-6-9(13)2/h9H,3-8H2,1-2H3,(H,14,17)(H,15,19)/t9-,13+/m0/s1. The van der Waals surface area contributed by atoms with E-state index < -0.39 is 11.6 Å². The van der Waals surface area contributed by atoms with Crippen molar-refractivity contribution in [3.05, 3.63) is 0 Å². The van der Waals surface area contributed by atoms with Crippen molar-refractivity contribution in [2.45, 2.75) is 45.1 Å². The van der Waals surface area contributed by atoms with E-state index in [0.717, 1.165) is 24.2 Å². The summed E-state index contributed by atoms with van der Waals surface area (Å²) in [6.45, 7) is 4.10. The van der Waals surface area contributed by atoms with E-state index in [2.05, 4.69) is 10.6 Å². The monoisotopic (exact) mass is 267 g/mol. The van der Waals surface area contributed by atoms with Crippen molar-refractivity contribution in [2.24, 2.45) is 5.92 Å². The predicted molar refractivity (Wildman–Crippen MR) is 69.3 cm³/mol. The first kappa shape index (κ1) is 13.8. The average Bonchev–Trinajstić information content (AvgIpc) is 2.59. The van der Waals surface area contributed by atoms with Crippen molar-refractivity contribution in [2.75, 3.05) is 13.1 Å². The van der Waals surface area contributed by atoms with E-state index in [9.17, 15) is 14.4 Å². The van der Waals surface area contributed by atoms with Gasteiger partial charge in [-0.1, -0.05) is 19.8 Å². The van der Waals surface area contributed by atoms with Gasteiger partial charge in [0.05, 0.1) is 0 Å². The number of likely N-dealkylation sites (N-methyl/N-ethyl adjacent to an activating group) is 1. The summed E-state index contributed by atoms with van der Waals surface area (Å²) < 4.78 is 0. The largest absolute Gasteiger partial charge is 0.355 e. The van der Waals surface area contributed by atoms with Crippen LogP contribution in [0.15, 0.2) is 0 Å². The molecule has 106 valence electrons. The molecule has 1 aliphatic carbocycles. The second-order valence-electron chi connectivity index (χ2n) is 5.39. The van der Waals surface area contributed by atoms with Gasteiger partial charge in [-0.05, 0) is 25.7 Å². The highest BCUT2D eigenvalue weighted by atomic mass is 16.2. The van der Waals surface area contributed by atoms with E-state index in [4.69, 9.17) is 0 Å². The normalized spacial score (nSPS) is 30.6. The van der Waals surface area contributed by atoms with E-state index in [1.54, 1.807) is 6.92 Å². The number of hydrogen-bond donors (Lipinski definition) is 2. The third kappa shape index (κ3) is 2.31. The lowest BCUT2D eigenvalue weighted by atomic mass is 9.73. The molecule has 4 amide bonds. The minimum Gasteiger partial charge on any atom is -0.355 e. The average molecular weight is 267 g/mol. The molecule has 2 N–H and O–H groups in total. The molecule has 0 aromatic carbocycles. The number of urea groups is 1. The number of nitrogens with one attached hydrogen (secondary N) is 2. The molecule has 1 saturated carbocycles. The fourth-order valence-corrected chi connectivity index (χ4v) is 3.04. The van der Waals surface area contributed by atoms with E-state index in [-0.39, 0.29) is 24.3 Å². The van der Waals surface area contributed by atoms with Gasteiger partial charge in [-0.15, -0.1) is 0 Å². The van der Waals surface area contributed by atoms with Crippen molar-refractivity contribution >= 4 is 17.8 Å². The summed E-state index contributed by atoms with van der Waals surface area (Å²) in [5, 5.41) is 5.43. The molecule has 0 radical (unpaired) electrons. The molecule has 0 bridgehead atoms. The van der Waals surface area contributed by atoms with Crippen LogP contribution in [0.3, 0.4) is 0 Å². The van der Waals surface area contributed by atoms with Crippen LogP contribution in [0.2, 0.25) is 0 Å². The highest BCUT2D eigenvalue weighted by molar-refractivity contribution is 6.09. The fraction of sp³-hybridized carbons (Fsp3) is 0.769. The Morgan fingerprint density at radius 3 is 2.84 bits per heavy atom. The van der Waals surface area contributed by atoms with Crippen LogP contribution in [-0.4, -0.2) is 41.4 Å². The van der Waals surface area contributed by atoms with Crippen LogP contribution in [0.1, 0.15) is 39.5 Å². The van der Waals surface area contributed by atoms with Gasteiger partial charge in [0, 0.05) is 6.54 Å². The minimum absolute atomic E-state index is 0.122. The summed E-state index contributed by atoms with van der Waals surface area (Å²) in [6, 6.07) is -0.440. The van der Waals surface area contributed by atoms with Crippen molar-refractivity contribution in [1.82, 2.24) is 15.5 Å². The lowest BCUT2D eigenvalue weighted by Crippen LogP contribution is -2.54. The quantitative estimate of drug-likeness (QED) is 0.736. The first-order valence-corrected chi connectivity index (χ1v) is 6.92. The maximum Gasteiger partial charge on any atom is 0.325 e. The van der Waals surface area contributed by atoms with Gasteiger partial charge in [0.2, 0.25) is 5.91 Å². The Hall–Kier alpha value is -1.59. The zero-order chi connectivity index (χ0) is 14.0. The summed E-state index contributed by atoms with van der Waals surface area (Å²) in [5.74, 6) is -0.417. The molecule has 6 nitrogen and oxygen atoms in total. The molecule has 2 fully saturated rings. The number of carbonyl (C=O) groups is 3. The van der Waals surface area contributed by atoms with Crippen LogP contribution in [0, 0.1) is 5.92 Å². The summed E-state index contributed by atoms with van der Waals surface area (Å²) in [6.07, 6.45) is 3.62. The Balaban J connectivity index is 2.13. The fourth-order valence-electron chi connectivity index (χ4n) is 3.04. The summed E-state index contributed by atoms with van der Waals surface area (Å²) in [5.41, 5.74) is -0.776. The molecule has 1 aliphatic heterocycles. The summed E-state index contributed by atoms with van der Waals surface area (Å²) in [4.78, 5) is 37.1. The summed E-state index contributed by atoms with van der Waals surface area (Å²) >= 11 is 0. The van der Waals surface area contributed by atoms with Crippen molar-refractivity contribution in [3.8, 4) is 0 Å². The maximum atomic E-state index is 12.5. The van der Waals surface area contributed by atoms with Gasteiger partial charge >= 0.3 is 6.03 Å². The molecule has 2 rings (SSSR count). The lowest BCUT2D eigenvalue weighted by Gasteiger charge is -2.36. The van der Waals surface area contributed by atoms with Crippen molar-refractivity contribution in [3.63, 3.8) is 0 Å². The first-order valence-electron chi connectivity index (χ1n) is 6.92. The molecule has 1 spiro atoms. The van der Waals surface area contributed by atoms with Crippen molar-refractivity contribution in [1.29, 1.82) is 0 Å². The van der Waals surface area contributed by atoms with E-state index in [1.165, 1.54) is 0 Å². The second kappa shape index (κ2) is 5.19. The number of nitrogens with zero attached hydrogens (tertiary/aromatic N) is 1. The molecule has 19 heavy (non-hydrogen) atoms. The van der Waals surface area contributed by atoms with Gasteiger partial charge in [-0.25, -0.2) is 4.79 Å². The van der Waals surface area contributed by atoms with Gasteiger partial charge in [0.1, 0.15) is 12.1 Å². The van der Waals surface area contributed by atoms with Crippen LogP contribution in [0.25, 0.3) is 0 Å². The van der Waals surface area contributed by atoms with Crippen LogP contribution < -0.4 is 10.6 Å². The smallest absolute Gasteiger partial charge is 0.325 e. The van der Waals surface area contributed by atoms with E-state index in [1.807, 2.05) is 6.92 Å². The molecular weight excluding hydrogens is 246 g/mol. The zero-order valence-electron chi connectivity index (χ0n) is 11.5. The Morgan fingerprint density at radius 1 is 1.47 bits per heavy atom. The molecule has 2 aliphatic rings. The molecule has 0 aromatic heterocycles. The zero-order valence-corrected chi connectivity index (χ0v) is 11.5. The molecule has 0 unspecified atom stereocenters. The number of carbonyl (C=O) groups excluding carboxylic acids is 3. The van der Waals surface area contributed by atoms with Crippen LogP contribution in [0.4, 0.5) is 4.79 Å². The number of imide groups is 1. The van der Waals surface area contributed by atoms with Gasteiger partial charge in [-0.3, -0.25) is 14.5 Å². The highest BCUT2D eigenvalue weighted by Gasteiger charge is 2.55. The number of rotatable bonds is 3. The first-order chi connectivity index (χ1) is 9.01. The van der Waals surface area contributed by atoms with Crippen LogP contribution in [-0.2, 0) is 9.59 Å². The number of amides is 4. The lowest BCUT2D eigenvalue weighted by molar-refractivity contribution is -0.137. The minimum atomic E-state index is -0.776. The molecule has 1 saturated heterocycles. The Morgan fingerprint density at radius 2 is 2.21 bits per heavy atom. The molecule has 0 aromatic rings. The van der Waals surface area contributed by atoms with E-state index in [0.29, 0.717) is 13.0 Å². The molecule has 6 heteroatoms. The molecular formula is C13H21N3O3. The summed E-state index contributed by atoms with van der Waals surface area (Å²) in [7, 11) is 0. The van der Waals surface area contributed by atoms with Crippen molar-refractivity contribution < 1.29 is 14.4 Å². The third-order valence-electron chi connectivity index (χ3n) is 4.18. The SMILES string of the molecule is CCNC(=O)CN1C(=O)N[C@@]2(CCCC[C@@H]2C)C1=O. The van der Waals surface area contributed by atoms with Gasteiger partial charge in [0.15, 0.2) is 0 Å².